The molecular formula is C28H39N5O5S. The van der Waals surface area contributed by atoms with Crippen LogP contribution in [-0.2, 0) is 10.0 Å². The van der Waals surface area contributed by atoms with Crippen LogP contribution in [0.2, 0.25) is 0 Å². The van der Waals surface area contributed by atoms with Crippen LogP contribution in [-0.4, -0.2) is 107 Å². The maximum Gasteiger partial charge on any atom is 0.264 e. The Labute approximate surface area is 229 Å². The van der Waals surface area contributed by atoms with Crippen LogP contribution >= 0.6 is 0 Å². The second-order valence-electron chi connectivity index (χ2n) is 12.1. The van der Waals surface area contributed by atoms with E-state index in [2.05, 4.69) is 15.1 Å². The average molecular weight is 558 g/mol. The second-order valence-corrected chi connectivity index (χ2v) is 14.1. The first-order chi connectivity index (χ1) is 18.5. The fourth-order valence-electron chi connectivity index (χ4n) is 7.71. The molecule has 39 heavy (non-hydrogen) atoms. The Balaban J connectivity index is 1.07. The minimum absolute atomic E-state index is 0.00860. The number of hydrogen-bond acceptors (Lipinski definition) is 7. The van der Waals surface area contributed by atoms with Gasteiger partial charge in [-0.1, -0.05) is 18.2 Å². The molecule has 1 amide bonds. The van der Waals surface area contributed by atoms with Crippen LogP contribution in [0, 0.1) is 5.92 Å². The molecule has 212 valence electrons. The van der Waals surface area contributed by atoms with Crippen molar-refractivity contribution in [1.82, 2.24) is 24.0 Å². The standard InChI is InChI=1S/C28H39N5O5S/c1-17(2)32-23-7-5-4-6-18(23)12-22(28(32)36)27(35)29-19-13-20-15-21-24(14-19)33(20)26(21)25(34)16-30-8-10-31(11-9-30)39(3,37)38/h4-7,12,17,19-21,24-26,34H,8-11,13-16H2,1-3H3,(H,29,35)/t19-,20-,21?,24+,25?,26?/m1/s1. The van der Waals surface area contributed by atoms with Gasteiger partial charge in [0.05, 0.1) is 17.9 Å². The van der Waals surface area contributed by atoms with Crippen LogP contribution in [0.4, 0.5) is 0 Å². The number of pyridine rings is 1. The van der Waals surface area contributed by atoms with Gasteiger partial charge in [0.2, 0.25) is 10.0 Å². The number of aromatic nitrogens is 1. The van der Waals surface area contributed by atoms with Gasteiger partial charge in [-0.15, -0.1) is 0 Å². The summed E-state index contributed by atoms with van der Waals surface area (Å²) in [6.45, 7) is 6.67. The Kier molecular flexibility index (Phi) is 6.86. The van der Waals surface area contributed by atoms with Crippen LogP contribution < -0.4 is 10.9 Å². The largest absolute Gasteiger partial charge is 0.390 e. The number of sulfonamides is 1. The molecule has 2 N–H and O–H groups in total. The maximum atomic E-state index is 13.3. The number of nitrogens with one attached hydrogen (secondary N) is 1. The number of β-amino-alcohol motifs (C(OH)–C–C–N with tert-alkyl or cyclic N) is 1. The molecule has 7 atom stereocenters. The van der Waals surface area contributed by atoms with E-state index >= 15 is 0 Å². The molecule has 6 heterocycles. The van der Waals surface area contributed by atoms with Crippen LogP contribution in [0.1, 0.15) is 49.5 Å². The van der Waals surface area contributed by atoms with Gasteiger partial charge in [0, 0.05) is 62.9 Å². The number of rotatable bonds is 7. The molecule has 4 bridgehead atoms. The van der Waals surface area contributed by atoms with E-state index in [1.54, 1.807) is 10.6 Å². The van der Waals surface area contributed by atoms with Gasteiger partial charge >= 0.3 is 0 Å². The van der Waals surface area contributed by atoms with E-state index in [1.165, 1.54) is 10.6 Å². The number of piperidine rings is 1. The first-order valence-electron chi connectivity index (χ1n) is 14.1. The van der Waals surface area contributed by atoms with Gasteiger partial charge in [-0.2, -0.15) is 4.31 Å². The van der Waals surface area contributed by atoms with Gasteiger partial charge < -0.3 is 15.0 Å². The lowest BCUT2D eigenvalue weighted by atomic mass is 9.77. The minimum atomic E-state index is -3.17. The highest BCUT2D eigenvalue weighted by atomic mass is 32.2. The van der Waals surface area contributed by atoms with E-state index < -0.39 is 16.1 Å². The van der Waals surface area contributed by atoms with Gasteiger partial charge in [0.25, 0.3) is 11.5 Å². The highest BCUT2D eigenvalue weighted by molar-refractivity contribution is 7.88. The van der Waals surface area contributed by atoms with Crippen molar-refractivity contribution in [1.29, 1.82) is 0 Å². The summed E-state index contributed by atoms with van der Waals surface area (Å²) in [7, 11) is -3.17. The van der Waals surface area contributed by atoms with Crippen molar-refractivity contribution in [2.45, 2.75) is 69.4 Å². The normalized spacial score (nSPS) is 31.8. The minimum Gasteiger partial charge on any atom is -0.390 e. The molecule has 5 aliphatic heterocycles. The second kappa shape index (κ2) is 9.95. The van der Waals surface area contributed by atoms with Crippen molar-refractivity contribution in [2.75, 3.05) is 39.0 Å². The fourth-order valence-corrected chi connectivity index (χ4v) is 8.54. The Morgan fingerprint density at radius 2 is 1.82 bits per heavy atom. The molecule has 11 heteroatoms. The monoisotopic (exact) mass is 557 g/mol. The summed E-state index contributed by atoms with van der Waals surface area (Å²) in [5, 5.41) is 15.2. The molecule has 1 aromatic heterocycles. The number of hydrogen-bond donors (Lipinski definition) is 2. The lowest BCUT2D eigenvalue weighted by molar-refractivity contribution is -0.0992. The third kappa shape index (κ3) is 4.72. The molecular weight excluding hydrogens is 518 g/mol. The lowest BCUT2D eigenvalue weighted by Gasteiger charge is -2.55. The first-order valence-corrected chi connectivity index (χ1v) is 16.0. The molecule has 5 aliphatic rings. The molecule has 0 saturated carbocycles. The Morgan fingerprint density at radius 3 is 2.49 bits per heavy atom. The number of para-hydroxylation sites is 1. The van der Waals surface area contributed by atoms with Crippen LogP contribution in [0.25, 0.3) is 10.9 Å². The zero-order chi connectivity index (χ0) is 27.6. The Morgan fingerprint density at radius 1 is 1.10 bits per heavy atom. The van der Waals surface area contributed by atoms with Crippen molar-refractivity contribution in [2.24, 2.45) is 5.92 Å². The van der Waals surface area contributed by atoms with Gasteiger partial charge in [-0.25, -0.2) is 8.42 Å². The van der Waals surface area contributed by atoms with Crippen LogP contribution in [0.15, 0.2) is 35.1 Å². The number of aliphatic hydroxyl groups is 1. The average Bonchev–Trinajstić information content (AvgIpc) is 3.37. The van der Waals surface area contributed by atoms with Crippen molar-refractivity contribution >= 4 is 26.8 Å². The van der Waals surface area contributed by atoms with Crippen molar-refractivity contribution in [3.63, 3.8) is 0 Å². The fraction of sp³-hybridized carbons (Fsp3) is 0.643. The van der Waals surface area contributed by atoms with E-state index in [0.29, 0.717) is 50.7 Å². The summed E-state index contributed by atoms with van der Waals surface area (Å²) in [4.78, 5) is 31.2. The summed E-state index contributed by atoms with van der Waals surface area (Å²) < 4.78 is 26.8. The molecule has 0 spiro atoms. The number of fused-ring (bicyclic) bond motifs is 1. The van der Waals surface area contributed by atoms with E-state index in [9.17, 15) is 23.1 Å². The predicted octanol–water partition coefficient (Wildman–Crippen LogP) is 0.854. The number of carbonyl (C=O) groups is 1. The number of benzene rings is 1. The Hall–Kier alpha value is -2.31. The third-order valence-electron chi connectivity index (χ3n) is 9.39. The summed E-state index contributed by atoms with van der Waals surface area (Å²) in [6.07, 6.45) is 3.45. The molecule has 7 rings (SSSR count). The van der Waals surface area contributed by atoms with E-state index in [-0.39, 0.29) is 35.2 Å². The number of amides is 1. The number of piperazine rings is 1. The summed E-state index contributed by atoms with van der Waals surface area (Å²) in [6, 6.07) is 10.1. The van der Waals surface area contributed by atoms with Crippen LogP contribution in [0.3, 0.4) is 0 Å². The van der Waals surface area contributed by atoms with Crippen molar-refractivity contribution in [3.8, 4) is 0 Å². The number of carbonyl (C=O) groups excluding carboxylic acids is 1. The quantitative estimate of drug-likeness (QED) is 0.519. The molecule has 0 aliphatic carbocycles. The highest BCUT2D eigenvalue weighted by Gasteiger charge is 2.63. The molecule has 5 saturated heterocycles. The molecule has 5 fully saturated rings. The predicted molar refractivity (Wildman–Crippen MR) is 149 cm³/mol. The molecule has 10 nitrogen and oxygen atoms in total. The highest BCUT2D eigenvalue weighted by Crippen LogP contribution is 2.54. The maximum absolute atomic E-state index is 13.3. The zero-order valence-electron chi connectivity index (χ0n) is 22.9. The molecule has 2 aromatic rings. The van der Waals surface area contributed by atoms with Gasteiger partial charge in [0.15, 0.2) is 0 Å². The van der Waals surface area contributed by atoms with Gasteiger partial charge in [-0.3, -0.25) is 19.4 Å². The third-order valence-corrected chi connectivity index (χ3v) is 10.7. The van der Waals surface area contributed by atoms with Crippen LogP contribution in [0.5, 0.6) is 0 Å². The number of aliphatic hydroxyl groups excluding tert-OH is 1. The topological polar surface area (TPSA) is 115 Å². The zero-order valence-corrected chi connectivity index (χ0v) is 23.7. The van der Waals surface area contributed by atoms with Crippen molar-refractivity contribution in [3.05, 3.63) is 46.2 Å². The summed E-state index contributed by atoms with van der Waals surface area (Å²) in [5.74, 6) is 0.1000. The molecule has 4 unspecified atom stereocenters. The Bertz CT molecular complexity index is 1430. The molecule has 1 aromatic carbocycles. The summed E-state index contributed by atoms with van der Waals surface area (Å²) >= 11 is 0. The number of nitrogens with zero attached hydrogens (tertiary/aromatic N) is 4. The van der Waals surface area contributed by atoms with Gasteiger partial charge in [-0.05, 0) is 56.5 Å². The van der Waals surface area contributed by atoms with E-state index in [4.69, 9.17) is 0 Å². The van der Waals surface area contributed by atoms with Gasteiger partial charge in [0.1, 0.15) is 5.56 Å². The summed E-state index contributed by atoms with van der Waals surface area (Å²) in [5.41, 5.74) is 0.765. The lowest BCUT2D eigenvalue weighted by Crippen LogP contribution is -2.68. The smallest absolute Gasteiger partial charge is 0.264 e. The molecule has 0 radical (unpaired) electrons. The van der Waals surface area contributed by atoms with E-state index in [1.807, 2.05) is 38.1 Å². The van der Waals surface area contributed by atoms with Crippen molar-refractivity contribution < 1.29 is 18.3 Å². The first kappa shape index (κ1) is 26.9. The SMILES string of the molecule is CC(C)n1c(=O)c(C(=O)N[C@@H]2C[C@@H]3CC4C(C(O)CN5CCN(S(C)(=O)=O)CC5)N3[C@H]4C2)cc2ccccc21. The van der Waals surface area contributed by atoms with E-state index in [0.717, 1.165) is 30.2 Å².